The molecule has 1 N–H and O–H groups in total. The lowest BCUT2D eigenvalue weighted by atomic mass is 9.85. The van der Waals surface area contributed by atoms with Gasteiger partial charge in [0, 0.05) is 6.54 Å². The lowest BCUT2D eigenvalue weighted by molar-refractivity contribution is -0.129. The number of hydrogen-bond acceptors (Lipinski definition) is 2. The molecular formula is C19H21NO2. The lowest BCUT2D eigenvalue weighted by Gasteiger charge is -2.33. The maximum Gasteiger partial charge on any atom is 0.226 e. The van der Waals surface area contributed by atoms with Crippen LogP contribution in [0.3, 0.4) is 0 Å². The minimum Gasteiger partial charge on any atom is -0.382 e. The molecule has 3 rings (SSSR count). The van der Waals surface area contributed by atoms with E-state index in [2.05, 4.69) is 0 Å². The first-order chi connectivity index (χ1) is 10.6. The van der Waals surface area contributed by atoms with Crippen LogP contribution in [0.5, 0.6) is 0 Å². The van der Waals surface area contributed by atoms with Crippen LogP contribution in [-0.4, -0.2) is 22.0 Å². The van der Waals surface area contributed by atoms with Gasteiger partial charge in [-0.05, 0) is 17.5 Å². The van der Waals surface area contributed by atoms with Crippen molar-refractivity contribution in [3.05, 3.63) is 71.8 Å². The number of rotatable bonds is 4. The Morgan fingerprint density at radius 3 is 2.27 bits per heavy atom. The zero-order chi connectivity index (χ0) is 15.6. The Kier molecular flexibility index (Phi) is 3.99. The van der Waals surface area contributed by atoms with Gasteiger partial charge in [0.15, 0.2) is 0 Å². The Bertz CT molecular complexity index is 641. The van der Waals surface area contributed by atoms with E-state index in [0.717, 1.165) is 17.5 Å². The van der Waals surface area contributed by atoms with Gasteiger partial charge in [0.25, 0.3) is 0 Å². The molecule has 2 unspecified atom stereocenters. The summed E-state index contributed by atoms with van der Waals surface area (Å²) in [7, 11) is 0. The van der Waals surface area contributed by atoms with Crippen LogP contribution in [0.25, 0.3) is 0 Å². The molecule has 0 spiro atoms. The van der Waals surface area contributed by atoms with Gasteiger partial charge in [0.2, 0.25) is 5.91 Å². The molecule has 3 heteroatoms. The first-order valence-electron chi connectivity index (χ1n) is 7.76. The Balaban J connectivity index is 1.91. The number of amides is 1. The number of aliphatic hydroxyl groups is 1. The summed E-state index contributed by atoms with van der Waals surface area (Å²) >= 11 is 0. The Labute approximate surface area is 131 Å². The van der Waals surface area contributed by atoms with Crippen LogP contribution in [0.4, 0.5) is 0 Å². The molecule has 114 valence electrons. The molecule has 2 aromatic rings. The number of likely N-dealkylation sites (tertiary alicyclic amines) is 1. The highest BCUT2D eigenvalue weighted by atomic mass is 16.3. The summed E-state index contributed by atoms with van der Waals surface area (Å²) in [5.74, 6) is 0.0158. The summed E-state index contributed by atoms with van der Waals surface area (Å²) < 4.78 is 0. The van der Waals surface area contributed by atoms with Gasteiger partial charge in [-0.3, -0.25) is 4.79 Å². The van der Waals surface area contributed by atoms with Crippen molar-refractivity contribution in [3.63, 3.8) is 0 Å². The second-order valence-corrected chi connectivity index (χ2v) is 5.90. The van der Waals surface area contributed by atoms with Gasteiger partial charge in [-0.25, -0.2) is 0 Å². The van der Waals surface area contributed by atoms with E-state index in [1.807, 2.05) is 72.5 Å². The van der Waals surface area contributed by atoms with Crippen LogP contribution >= 0.6 is 0 Å². The van der Waals surface area contributed by atoms with E-state index in [4.69, 9.17) is 0 Å². The number of hydrogen-bond donors (Lipinski definition) is 1. The smallest absolute Gasteiger partial charge is 0.226 e. The van der Waals surface area contributed by atoms with Gasteiger partial charge in [0.1, 0.15) is 5.60 Å². The Morgan fingerprint density at radius 2 is 1.68 bits per heavy atom. The van der Waals surface area contributed by atoms with Gasteiger partial charge in [-0.2, -0.15) is 0 Å². The molecule has 1 amide bonds. The molecule has 22 heavy (non-hydrogen) atoms. The molecule has 0 aromatic heterocycles. The minimum atomic E-state index is -1.10. The average Bonchev–Trinajstić information content (AvgIpc) is 2.80. The molecule has 1 aliphatic rings. The van der Waals surface area contributed by atoms with Crippen LogP contribution < -0.4 is 0 Å². The van der Waals surface area contributed by atoms with E-state index in [1.165, 1.54) is 0 Å². The lowest BCUT2D eigenvalue weighted by Crippen LogP contribution is -2.42. The van der Waals surface area contributed by atoms with Crippen molar-refractivity contribution in [1.29, 1.82) is 0 Å². The van der Waals surface area contributed by atoms with Crippen LogP contribution in [0, 0.1) is 0 Å². The summed E-state index contributed by atoms with van der Waals surface area (Å²) in [6.07, 6.45) is 0.881. The van der Waals surface area contributed by atoms with Crippen molar-refractivity contribution in [2.75, 3.05) is 0 Å². The highest BCUT2D eigenvalue weighted by Gasteiger charge is 2.50. The zero-order valence-corrected chi connectivity index (χ0v) is 12.8. The normalized spacial score (nSPS) is 24.7. The third-order valence-electron chi connectivity index (χ3n) is 4.52. The molecule has 2 aromatic carbocycles. The van der Waals surface area contributed by atoms with Crippen LogP contribution in [0.1, 0.15) is 30.9 Å². The van der Waals surface area contributed by atoms with Crippen LogP contribution in [-0.2, 0) is 16.9 Å². The SMILES string of the molecule is CCC1N(Cc2ccccc2)C(=O)CC1(O)c1ccccc1. The van der Waals surface area contributed by atoms with Gasteiger partial charge in [0.05, 0.1) is 12.5 Å². The fourth-order valence-electron chi connectivity index (χ4n) is 3.44. The summed E-state index contributed by atoms with van der Waals surface area (Å²) in [5.41, 5.74) is 0.819. The van der Waals surface area contributed by atoms with E-state index in [0.29, 0.717) is 6.54 Å². The van der Waals surface area contributed by atoms with E-state index in [9.17, 15) is 9.90 Å². The predicted molar refractivity (Wildman–Crippen MR) is 86.0 cm³/mol. The van der Waals surface area contributed by atoms with Crippen LogP contribution in [0.2, 0.25) is 0 Å². The van der Waals surface area contributed by atoms with E-state index < -0.39 is 5.60 Å². The van der Waals surface area contributed by atoms with Gasteiger partial charge in [-0.1, -0.05) is 67.6 Å². The highest BCUT2D eigenvalue weighted by Crippen LogP contribution is 2.40. The maximum absolute atomic E-state index is 12.5. The van der Waals surface area contributed by atoms with Crippen molar-refractivity contribution in [1.82, 2.24) is 4.90 Å². The van der Waals surface area contributed by atoms with Gasteiger partial charge < -0.3 is 10.0 Å². The number of carbonyl (C=O) groups is 1. The average molecular weight is 295 g/mol. The molecule has 0 bridgehead atoms. The molecular weight excluding hydrogens is 274 g/mol. The predicted octanol–water partition coefficient (Wildman–Crippen LogP) is 3.09. The van der Waals surface area contributed by atoms with Gasteiger partial charge in [-0.15, -0.1) is 0 Å². The van der Waals surface area contributed by atoms with Crippen molar-refractivity contribution in [2.24, 2.45) is 0 Å². The largest absolute Gasteiger partial charge is 0.382 e. The molecule has 1 saturated heterocycles. The third kappa shape index (κ3) is 2.53. The fourth-order valence-corrected chi connectivity index (χ4v) is 3.44. The maximum atomic E-state index is 12.5. The molecule has 3 nitrogen and oxygen atoms in total. The Hall–Kier alpha value is -2.13. The van der Waals surface area contributed by atoms with Crippen molar-refractivity contribution in [2.45, 2.75) is 38.0 Å². The summed E-state index contributed by atoms with van der Waals surface area (Å²) in [6, 6.07) is 19.3. The molecule has 1 heterocycles. The van der Waals surface area contributed by atoms with E-state index in [1.54, 1.807) is 0 Å². The molecule has 0 saturated carbocycles. The van der Waals surface area contributed by atoms with Gasteiger partial charge >= 0.3 is 0 Å². The molecule has 1 aliphatic heterocycles. The third-order valence-corrected chi connectivity index (χ3v) is 4.52. The summed E-state index contributed by atoms with van der Waals surface area (Å²) in [5, 5.41) is 11.2. The second kappa shape index (κ2) is 5.93. The highest BCUT2D eigenvalue weighted by molar-refractivity contribution is 5.81. The molecule has 0 radical (unpaired) electrons. The topological polar surface area (TPSA) is 40.5 Å². The monoisotopic (exact) mass is 295 g/mol. The quantitative estimate of drug-likeness (QED) is 0.941. The van der Waals surface area contributed by atoms with Crippen molar-refractivity contribution in [3.8, 4) is 0 Å². The summed E-state index contributed by atoms with van der Waals surface area (Å²) in [6.45, 7) is 2.57. The number of carbonyl (C=O) groups excluding carboxylic acids is 1. The second-order valence-electron chi connectivity index (χ2n) is 5.90. The number of benzene rings is 2. The van der Waals surface area contributed by atoms with Crippen LogP contribution in [0.15, 0.2) is 60.7 Å². The molecule has 2 atom stereocenters. The molecule has 0 aliphatic carbocycles. The first-order valence-corrected chi connectivity index (χ1v) is 7.76. The minimum absolute atomic E-state index is 0.0158. The summed E-state index contributed by atoms with van der Waals surface area (Å²) in [4.78, 5) is 14.3. The standard InChI is InChI=1S/C19H21NO2/c1-2-17-19(22,16-11-7-4-8-12-16)13-18(21)20(17)14-15-9-5-3-6-10-15/h3-12,17,22H,2,13-14H2,1H3. The van der Waals surface area contributed by atoms with Crippen molar-refractivity contribution >= 4 is 5.91 Å². The molecule has 1 fully saturated rings. The first kappa shape index (κ1) is 14.8. The zero-order valence-electron chi connectivity index (χ0n) is 12.8. The van der Waals surface area contributed by atoms with E-state index >= 15 is 0 Å². The van der Waals surface area contributed by atoms with Crippen molar-refractivity contribution < 1.29 is 9.90 Å². The fraction of sp³-hybridized carbons (Fsp3) is 0.316. The Morgan fingerprint density at radius 1 is 1.09 bits per heavy atom. The van der Waals surface area contributed by atoms with E-state index in [-0.39, 0.29) is 18.4 Å². The number of nitrogens with zero attached hydrogens (tertiary/aromatic N) is 1.